The fourth-order valence-electron chi connectivity index (χ4n) is 0.832. The predicted octanol–water partition coefficient (Wildman–Crippen LogP) is 1.19. The van der Waals surface area contributed by atoms with Crippen LogP contribution in [0.2, 0.25) is 0 Å². The van der Waals surface area contributed by atoms with Crippen LogP contribution in [-0.4, -0.2) is 11.0 Å². The average molecular weight is 176 g/mol. The largest absolute Gasteiger partial charge is 0.425 e. The minimum atomic E-state index is -0.417. The van der Waals surface area contributed by atoms with Gasteiger partial charge in [0, 0.05) is 19.2 Å². The second kappa shape index (κ2) is 3.68. The molecule has 1 heterocycles. The van der Waals surface area contributed by atoms with Gasteiger partial charge in [0.1, 0.15) is 6.07 Å². The van der Waals surface area contributed by atoms with Gasteiger partial charge in [-0.05, 0) is 6.92 Å². The Balaban J connectivity index is 3.05. The molecule has 0 atom stereocenters. The van der Waals surface area contributed by atoms with Crippen molar-refractivity contribution < 1.29 is 9.53 Å². The number of carbonyl (C=O) groups excluding carboxylic acids is 1. The van der Waals surface area contributed by atoms with E-state index in [2.05, 4.69) is 4.98 Å². The number of ether oxygens (including phenoxy) is 1. The quantitative estimate of drug-likeness (QED) is 0.603. The van der Waals surface area contributed by atoms with Gasteiger partial charge >= 0.3 is 5.97 Å². The van der Waals surface area contributed by atoms with Gasteiger partial charge in [-0.1, -0.05) is 0 Å². The fraction of sp³-hybridized carbons (Fsp3) is 0.222. The van der Waals surface area contributed by atoms with E-state index in [1.54, 1.807) is 6.92 Å². The number of nitrogens with zero attached hydrogens (tertiary/aromatic N) is 2. The highest BCUT2D eigenvalue weighted by atomic mass is 16.5. The molecule has 0 aliphatic carbocycles. The zero-order chi connectivity index (χ0) is 9.84. The lowest BCUT2D eigenvalue weighted by atomic mass is 10.2. The first kappa shape index (κ1) is 9.20. The Morgan fingerprint density at radius 1 is 1.69 bits per heavy atom. The van der Waals surface area contributed by atoms with Crippen LogP contribution in [0.4, 0.5) is 0 Å². The summed E-state index contributed by atoms with van der Waals surface area (Å²) in [7, 11) is 0. The Bertz CT molecular complexity index is 380. The number of hydrogen-bond acceptors (Lipinski definition) is 4. The molecule has 4 heteroatoms. The Morgan fingerprint density at radius 2 is 2.38 bits per heavy atom. The topological polar surface area (TPSA) is 63.0 Å². The summed E-state index contributed by atoms with van der Waals surface area (Å²) >= 11 is 0. The van der Waals surface area contributed by atoms with E-state index in [1.807, 2.05) is 6.07 Å². The van der Waals surface area contributed by atoms with Crippen molar-refractivity contribution in [3.05, 3.63) is 23.5 Å². The summed E-state index contributed by atoms with van der Waals surface area (Å²) in [5, 5.41) is 8.56. The second-order valence-corrected chi connectivity index (χ2v) is 2.51. The molecule has 0 aliphatic heterocycles. The molecule has 0 radical (unpaired) electrons. The highest BCUT2D eigenvalue weighted by Gasteiger charge is 2.04. The van der Waals surface area contributed by atoms with E-state index >= 15 is 0 Å². The standard InChI is InChI=1S/C9H8N2O2/c1-6-9(13-7(2)12)3-8(4-10)5-11-6/h3,5H,1-2H3. The van der Waals surface area contributed by atoms with Crippen LogP contribution in [0, 0.1) is 18.3 Å². The van der Waals surface area contributed by atoms with Crippen molar-refractivity contribution in [2.75, 3.05) is 0 Å². The van der Waals surface area contributed by atoms with Gasteiger partial charge in [-0.25, -0.2) is 0 Å². The van der Waals surface area contributed by atoms with Crippen molar-refractivity contribution >= 4 is 5.97 Å². The molecule has 1 aromatic rings. The molecule has 0 saturated heterocycles. The van der Waals surface area contributed by atoms with Crippen LogP contribution < -0.4 is 4.74 Å². The zero-order valence-electron chi connectivity index (χ0n) is 7.37. The third-order valence-corrected chi connectivity index (χ3v) is 1.42. The molecule has 0 unspecified atom stereocenters. The molecule has 0 spiro atoms. The number of aryl methyl sites for hydroxylation is 1. The summed E-state index contributed by atoms with van der Waals surface area (Å²) in [5.74, 6) is -0.0773. The van der Waals surface area contributed by atoms with Crippen LogP contribution in [0.3, 0.4) is 0 Å². The minimum absolute atomic E-state index is 0.339. The molecule has 0 saturated carbocycles. The van der Waals surface area contributed by atoms with Gasteiger partial charge in [0.25, 0.3) is 0 Å². The molecule has 0 N–H and O–H groups in total. The minimum Gasteiger partial charge on any atom is -0.425 e. The van der Waals surface area contributed by atoms with Crippen molar-refractivity contribution in [2.24, 2.45) is 0 Å². The van der Waals surface area contributed by atoms with Crippen LogP contribution in [0.15, 0.2) is 12.3 Å². The third-order valence-electron chi connectivity index (χ3n) is 1.42. The number of carbonyl (C=O) groups is 1. The van der Waals surface area contributed by atoms with E-state index in [4.69, 9.17) is 10.00 Å². The third kappa shape index (κ3) is 2.27. The average Bonchev–Trinajstić information content (AvgIpc) is 2.08. The van der Waals surface area contributed by atoms with Crippen molar-refractivity contribution in [2.45, 2.75) is 13.8 Å². The molecule has 0 aromatic carbocycles. The van der Waals surface area contributed by atoms with Gasteiger partial charge in [-0.2, -0.15) is 5.26 Å². The van der Waals surface area contributed by atoms with Gasteiger partial charge in [-0.3, -0.25) is 9.78 Å². The summed E-state index contributed by atoms with van der Waals surface area (Å²) in [6.45, 7) is 3.01. The molecule has 4 nitrogen and oxygen atoms in total. The van der Waals surface area contributed by atoms with Crippen LogP contribution >= 0.6 is 0 Å². The lowest BCUT2D eigenvalue weighted by Gasteiger charge is -2.03. The summed E-state index contributed by atoms with van der Waals surface area (Å²) in [6.07, 6.45) is 1.43. The number of hydrogen-bond donors (Lipinski definition) is 0. The molecule has 0 aliphatic rings. The number of esters is 1. The molecule has 0 amide bonds. The van der Waals surface area contributed by atoms with Crippen molar-refractivity contribution in [1.82, 2.24) is 4.98 Å². The number of rotatable bonds is 1. The van der Waals surface area contributed by atoms with Crippen molar-refractivity contribution in [3.63, 3.8) is 0 Å². The van der Waals surface area contributed by atoms with Crippen LogP contribution in [0.25, 0.3) is 0 Å². The highest BCUT2D eigenvalue weighted by molar-refractivity contribution is 5.69. The first-order valence-corrected chi connectivity index (χ1v) is 3.68. The summed E-state index contributed by atoms with van der Waals surface area (Å²) in [4.78, 5) is 14.5. The maximum absolute atomic E-state index is 10.6. The molecule has 0 bridgehead atoms. The molecular weight excluding hydrogens is 168 g/mol. The Morgan fingerprint density at radius 3 is 2.92 bits per heavy atom. The lowest BCUT2D eigenvalue weighted by molar-refractivity contribution is -0.131. The molecule has 0 fully saturated rings. The normalized spacial score (nSPS) is 9.00. The van der Waals surface area contributed by atoms with Gasteiger partial charge in [0.15, 0.2) is 5.75 Å². The maximum Gasteiger partial charge on any atom is 0.308 e. The zero-order valence-corrected chi connectivity index (χ0v) is 7.37. The van der Waals surface area contributed by atoms with Crippen molar-refractivity contribution in [1.29, 1.82) is 5.26 Å². The SMILES string of the molecule is CC(=O)Oc1cc(C#N)cnc1C. The first-order chi connectivity index (χ1) is 6.13. The van der Waals surface area contributed by atoms with E-state index < -0.39 is 5.97 Å². The Kier molecular flexibility index (Phi) is 2.60. The lowest BCUT2D eigenvalue weighted by Crippen LogP contribution is -2.03. The van der Waals surface area contributed by atoms with E-state index in [0.29, 0.717) is 17.0 Å². The van der Waals surface area contributed by atoms with Gasteiger partial charge in [0.2, 0.25) is 0 Å². The number of aromatic nitrogens is 1. The summed E-state index contributed by atoms with van der Waals surface area (Å²) < 4.78 is 4.83. The highest BCUT2D eigenvalue weighted by Crippen LogP contribution is 2.16. The molecule has 1 rings (SSSR count). The molecule has 13 heavy (non-hydrogen) atoms. The number of pyridine rings is 1. The van der Waals surface area contributed by atoms with E-state index in [0.717, 1.165) is 0 Å². The molecule has 1 aromatic heterocycles. The summed E-state index contributed by atoms with van der Waals surface area (Å²) in [6, 6.07) is 3.40. The fourth-order valence-corrected chi connectivity index (χ4v) is 0.832. The second-order valence-electron chi connectivity index (χ2n) is 2.51. The van der Waals surface area contributed by atoms with E-state index in [9.17, 15) is 4.79 Å². The molecular formula is C9H8N2O2. The van der Waals surface area contributed by atoms with Crippen LogP contribution in [-0.2, 0) is 4.79 Å². The van der Waals surface area contributed by atoms with Crippen LogP contribution in [0.5, 0.6) is 5.75 Å². The summed E-state index contributed by atoms with van der Waals surface area (Å²) in [5.41, 5.74) is 0.969. The smallest absolute Gasteiger partial charge is 0.308 e. The Hall–Kier alpha value is -1.89. The molecule has 66 valence electrons. The first-order valence-electron chi connectivity index (χ1n) is 3.68. The van der Waals surface area contributed by atoms with E-state index in [1.165, 1.54) is 19.2 Å². The van der Waals surface area contributed by atoms with Gasteiger partial charge < -0.3 is 4.74 Å². The maximum atomic E-state index is 10.6. The van der Waals surface area contributed by atoms with Gasteiger partial charge in [0.05, 0.1) is 11.3 Å². The number of nitriles is 1. The predicted molar refractivity (Wildman–Crippen MR) is 45.0 cm³/mol. The van der Waals surface area contributed by atoms with E-state index in [-0.39, 0.29) is 0 Å². The van der Waals surface area contributed by atoms with Crippen LogP contribution in [0.1, 0.15) is 18.2 Å². The monoisotopic (exact) mass is 176 g/mol. The van der Waals surface area contributed by atoms with Gasteiger partial charge in [-0.15, -0.1) is 0 Å². The Labute approximate surface area is 75.8 Å². The van der Waals surface area contributed by atoms with Crippen molar-refractivity contribution in [3.8, 4) is 11.8 Å².